The van der Waals surface area contributed by atoms with Gasteiger partial charge in [-0.3, -0.25) is 0 Å². The van der Waals surface area contributed by atoms with E-state index in [-0.39, 0.29) is 5.75 Å². The van der Waals surface area contributed by atoms with Gasteiger partial charge in [-0.1, -0.05) is 29.8 Å². The minimum Gasteiger partial charge on any atom is -0.240 e. The summed E-state index contributed by atoms with van der Waals surface area (Å²) in [7, 11) is -3.31. The number of fused-ring (bicyclic) bond motifs is 3. The van der Waals surface area contributed by atoms with Crippen molar-refractivity contribution in [3.8, 4) is 16.9 Å². The predicted molar refractivity (Wildman–Crippen MR) is 84.9 cm³/mol. The second-order valence-corrected chi connectivity index (χ2v) is 7.57. The summed E-state index contributed by atoms with van der Waals surface area (Å²) in [5.41, 5.74) is 2.94. The van der Waals surface area contributed by atoms with Crippen LogP contribution in [-0.4, -0.2) is 18.2 Å². The Balaban J connectivity index is 1.92. The molecule has 0 aliphatic carbocycles. The molecule has 2 aromatic carbocycles. The lowest BCUT2D eigenvalue weighted by Gasteiger charge is -2.14. The van der Waals surface area contributed by atoms with Crippen LogP contribution in [-0.2, 0) is 15.6 Å². The zero-order chi connectivity index (χ0) is 15.3. The lowest BCUT2D eigenvalue weighted by molar-refractivity contribution is 0.594. The van der Waals surface area contributed by atoms with Crippen LogP contribution in [0.15, 0.2) is 59.6 Å². The van der Waals surface area contributed by atoms with Gasteiger partial charge in [0.2, 0.25) is 0 Å². The monoisotopic (exact) mass is 330 g/mol. The molecule has 3 aromatic rings. The van der Waals surface area contributed by atoms with Crippen molar-refractivity contribution in [1.29, 1.82) is 0 Å². The number of sulfone groups is 1. The molecule has 2 heterocycles. The van der Waals surface area contributed by atoms with E-state index in [9.17, 15) is 8.42 Å². The molecule has 0 fully saturated rings. The fourth-order valence-corrected chi connectivity index (χ4v) is 4.37. The van der Waals surface area contributed by atoms with Gasteiger partial charge in [-0.15, -0.1) is 0 Å². The van der Waals surface area contributed by atoms with Gasteiger partial charge < -0.3 is 0 Å². The molecule has 0 saturated carbocycles. The molecular weight excluding hydrogens is 320 g/mol. The smallest absolute Gasteiger partial charge is 0.183 e. The first-order valence-electron chi connectivity index (χ1n) is 6.71. The maximum absolute atomic E-state index is 12.4. The van der Waals surface area contributed by atoms with E-state index in [1.165, 1.54) is 0 Å². The Labute approximate surface area is 132 Å². The molecule has 4 nitrogen and oxygen atoms in total. The molecule has 0 spiro atoms. The van der Waals surface area contributed by atoms with Gasteiger partial charge in [0.05, 0.1) is 22.0 Å². The van der Waals surface area contributed by atoms with Gasteiger partial charge in [-0.25, -0.2) is 13.1 Å². The lowest BCUT2D eigenvalue weighted by atomic mass is 10.1. The van der Waals surface area contributed by atoms with Crippen LogP contribution in [0, 0.1) is 0 Å². The first-order valence-corrected chi connectivity index (χ1v) is 8.74. The second-order valence-electron chi connectivity index (χ2n) is 5.18. The number of hydrogen-bond donors (Lipinski definition) is 0. The third-order valence-corrected chi connectivity index (χ3v) is 5.67. The van der Waals surface area contributed by atoms with E-state index in [0.717, 1.165) is 11.4 Å². The number of nitrogens with zero attached hydrogens (tertiary/aromatic N) is 2. The van der Waals surface area contributed by atoms with Crippen molar-refractivity contribution >= 4 is 21.4 Å². The summed E-state index contributed by atoms with van der Waals surface area (Å²) >= 11 is 5.90. The van der Waals surface area contributed by atoms with Gasteiger partial charge in [-0.05, 0) is 30.3 Å². The van der Waals surface area contributed by atoms with Crippen molar-refractivity contribution in [1.82, 2.24) is 9.78 Å². The van der Waals surface area contributed by atoms with Crippen molar-refractivity contribution in [2.45, 2.75) is 10.6 Å². The molecule has 1 aliphatic rings. The Morgan fingerprint density at radius 2 is 1.77 bits per heavy atom. The molecule has 0 N–H and O–H groups in total. The van der Waals surface area contributed by atoms with Gasteiger partial charge in [0, 0.05) is 22.3 Å². The molecule has 0 amide bonds. The van der Waals surface area contributed by atoms with Crippen molar-refractivity contribution in [2.75, 3.05) is 0 Å². The van der Waals surface area contributed by atoms with Gasteiger partial charge in [0.15, 0.2) is 9.84 Å². The fraction of sp³-hybridized carbons (Fsp3) is 0.0625. The summed E-state index contributed by atoms with van der Waals surface area (Å²) in [6.07, 6.45) is 1.77. The number of halogens is 1. The molecule has 0 atom stereocenters. The minimum absolute atomic E-state index is 0.0209. The quantitative estimate of drug-likeness (QED) is 0.686. The van der Waals surface area contributed by atoms with Crippen molar-refractivity contribution < 1.29 is 8.42 Å². The Kier molecular flexibility index (Phi) is 2.89. The second kappa shape index (κ2) is 4.69. The highest BCUT2D eigenvalue weighted by molar-refractivity contribution is 7.90. The molecule has 1 aliphatic heterocycles. The summed E-state index contributed by atoms with van der Waals surface area (Å²) in [4.78, 5) is 0.351. The van der Waals surface area contributed by atoms with E-state index in [2.05, 4.69) is 5.10 Å². The molecule has 0 saturated heterocycles. The fourth-order valence-electron chi connectivity index (χ4n) is 2.68. The zero-order valence-corrected chi connectivity index (χ0v) is 13.0. The Bertz CT molecular complexity index is 976. The molecule has 1 aromatic heterocycles. The van der Waals surface area contributed by atoms with Crippen molar-refractivity contribution in [3.63, 3.8) is 0 Å². The summed E-state index contributed by atoms with van der Waals surface area (Å²) in [5, 5.41) is 5.21. The first kappa shape index (κ1) is 13.5. The maximum Gasteiger partial charge on any atom is 0.183 e. The average Bonchev–Trinajstić information content (AvgIpc) is 2.91. The molecule has 6 heteroatoms. The molecule has 0 unspecified atom stereocenters. The molecule has 0 radical (unpaired) electrons. The van der Waals surface area contributed by atoms with E-state index in [4.69, 9.17) is 11.6 Å². The van der Waals surface area contributed by atoms with E-state index < -0.39 is 9.84 Å². The van der Waals surface area contributed by atoms with Crippen LogP contribution in [0.25, 0.3) is 16.9 Å². The van der Waals surface area contributed by atoms with Gasteiger partial charge in [0.1, 0.15) is 0 Å². The minimum atomic E-state index is -3.31. The number of rotatable bonds is 1. The highest BCUT2D eigenvalue weighted by atomic mass is 35.5. The normalized spacial score (nSPS) is 15.1. The van der Waals surface area contributed by atoms with Crippen molar-refractivity contribution in [3.05, 3.63) is 65.3 Å². The van der Waals surface area contributed by atoms with Gasteiger partial charge in [-0.2, -0.15) is 5.10 Å². The van der Waals surface area contributed by atoms with Crippen LogP contribution in [0.5, 0.6) is 0 Å². The van der Waals surface area contributed by atoms with Crippen LogP contribution in [0.2, 0.25) is 5.02 Å². The molecule has 22 heavy (non-hydrogen) atoms. The Morgan fingerprint density at radius 1 is 1.05 bits per heavy atom. The molecule has 0 bridgehead atoms. The molecule has 4 rings (SSSR count). The van der Waals surface area contributed by atoms with Crippen LogP contribution in [0.4, 0.5) is 0 Å². The largest absolute Gasteiger partial charge is 0.240 e. The lowest BCUT2D eigenvalue weighted by Crippen LogP contribution is -2.11. The van der Waals surface area contributed by atoms with E-state index in [0.29, 0.717) is 21.0 Å². The van der Waals surface area contributed by atoms with E-state index in [1.54, 1.807) is 41.2 Å². The SMILES string of the molecule is O=S1(=O)Cc2cn(-c3ccc(Cl)cc3)nc2-c2ccccc21. The highest BCUT2D eigenvalue weighted by Crippen LogP contribution is 2.37. The average molecular weight is 331 g/mol. The standard InChI is InChI=1S/C16H11ClN2O2S/c17-12-5-7-13(8-6-12)19-9-11-10-22(20,21)15-4-2-1-3-14(15)16(11)18-19/h1-9H,10H2. The highest BCUT2D eigenvalue weighted by Gasteiger charge is 2.30. The van der Waals surface area contributed by atoms with Crippen LogP contribution >= 0.6 is 11.6 Å². The topological polar surface area (TPSA) is 52.0 Å². The summed E-state index contributed by atoms with van der Waals surface area (Å²) < 4.78 is 26.4. The van der Waals surface area contributed by atoms with Gasteiger partial charge in [0.25, 0.3) is 0 Å². The van der Waals surface area contributed by atoms with Crippen molar-refractivity contribution in [2.24, 2.45) is 0 Å². The maximum atomic E-state index is 12.4. The third-order valence-electron chi connectivity index (χ3n) is 3.70. The molecular formula is C16H11ClN2O2S. The number of benzene rings is 2. The summed E-state index contributed by atoms with van der Waals surface area (Å²) in [6, 6.07) is 14.2. The zero-order valence-electron chi connectivity index (χ0n) is 11.4. The number of hydrogen-bond acceptors (Lipinski definition) is 3. The summed E-state index contributed by atoms with van der Waals surface area (Å²) in [5.74, 6) is -0.0209. The van der Waals surface area contributed by atoms with Crippen LogP contribution in [0.1, 0.15) is 5.56 Å². The van der Waals surface area contributed by atoms with E-state index >= 15 is 0 Å². The first-order chi connectivity index (χ1) is 10.5. The van der Waals surface area contributed by atoms with Crippen LogP contribution in [0.3, 0.4) is 0 Å². The van der Waals surface area contributed by atoms with Crippen LogP contribution < -0.4 is 0 Å². The number of aromatic nitrogens is 2. The Morgan fingerprint density at radius 3 is 2.55 bits per heavy atom. The van der Waals surface area contributed by atoms with Gasteiger partial charge >= 0.3 is 0 Å². The third kappa shape index (κ3) is 2.05. The molecule has 110 valence electrons. The predicted octanol–water partition coefficient (Wildman–Crippen LogP) is 3.48. The summed E-state index contributed by atoms with van der Waals surface area (Å²) in [6.45, 7) is 0. The van der Waals surface area contributed by atoms with E-state index in [1.807, 2.05) is 18.2 Å². The Hall–Kier alpha value is -2.11.